The van der Waals surface area contributed by atoms with E-state index in [1.807, 2.05) is 48.5 Å². The maximum Gasteiger partial charge on any atom is 0.312 e. The van der Waals surface area contributed by atoms with Crippen molar-refractivity contribution in [1.82, 2.24) is 0 Å². The molecule has 0 aromatic heterocycles. The summed E-state index contributed by atoms with van der Waals surface area (Å²) >= 11 is 0. The zero-order valence-corrected chi connectivity index (χ0v) is 19.7. The second-order valence-electron chi connectivity index (χ2n) is 8.73. The number of hydrogen-bond acceptors (Lipinski definition) is 7. The highest BCUT2D eigenvalue weighted by molar-refractivity contribution is 5.75. The van der Waals surface area contributed by atoms with E-state index in [0.717, 1.165) is 22.3 Å². The van der Waals surface area contributed by atoms with Crippen molar-refractivity contribution in [2.45, 2.75) is 31.5 Å². The molecular weight excluding hydrogens is 448 g/mol. The predicted molar refractivity (Wildman–Crippen MR) is 128 cm³/mol. The molecule has 1 aliphatic heterocycles. The molecule has 0 fully saturated rings. The minimum atomic E-state index is -0.434. The molecule has 7 nitrogen and oxygen atoms in total. The van der Waals surface area contributed by atoms with Gasteiger partial charge in [0, 0.05) is 6.07 Å². The fourth-order valence-electron chi connectivity index (χ4n) is 4.91. The first-order chi connectivity index (χ1) is 17.1. The van der Waals surface area contributed by atoms with Gasteiger partial charge in [-0.2, -0.15) is 0 Å². The highest BCUT2D eigenvalue weighted by atomic mass is 16.7. The van der Waals surface area contributed by atoms with Crippen molar-refractivity contribution >= 4 is 5.97 Å². The van der Waals surface area contributed by atoms with Gasteiger partial charge in [0.2, 0.25) is 6.79 Å². The van der Waals surface area contributed by atoms with Crippen molar-refractivity contribution in [3.05, 3.63) is 82.9 Å². The van der Waals surface area contributed by atoms with Crippen LogP contribution in [0.4, 0.5) is 0 Å². The summed E-state index contributed by atoms with van der Waals surface area (Å²) < 4.78 is 28.4. The zero-order chi connectivity index (χ0) is 24.4. The van der Waals surface area contributed by atoms with E-state index in [2.05, 4.69) is 0 Å². The van der Waals surface area contributed by atoms with Gasteiger partial charge in [-0.1, -0.05) is 36.4 Å². The number of methoxy groups -OCH3 is 2. The quantitative estimate of drug-likeness (QED) is 0.463. The van der Waals surface area contributed by atoms with Crippen LogP contribution in [0.15, 0.2) is 60.7 Å². The Labute approximate surface area is 204 Å². The number of benzene rings is 3. The molecule has 35 heavy (non-hydrogen) atoms. The second kappa shape index (κ2) is 9.88. The SMILES string of the molecule is COC(=O)[C@H]1Cc2ccccc2[C@H]1OC(CCc1ccc(O)cc1OC)c1ccc2c(c1)OCO2. The average Bonchev–Trinajstić information content (AvgIpc) is 3.50. The summed E-state index contributed by atoms with van der Waals surface area (Å²) in [7, 11) is 3.00. The summed E-state index contributed by atoms with van der Waals surface area (Å²) in [5.74, 6) is 1.44. The molecule has 1 N–H and O–H groups in total. The molecule has 182 valence electrons. The molecule has 0 radical (unpaired) electrons. The fraction of sp³-hybridized carbons (Fsp3) is 0.321. The van der Waals surface area contributed by atoms with Crippen LogP contribution in [0, 0.1) is 5.92 Å². The van der Waals surface area contributed by atoms with Gasteiger partial charge < -0.3 is 28.8 Å². The van der Waals surface area contributed by atoms with E-state index in [-0.39, 0.29) is 24.6 Å². The molecule has 0 amide bonds. The predicted octanol–water partition coefficient (Wildman–Crippen LogP) is 4.91. The van der Waals surface area contributed by atoms with Crippen molar-refractivity contribution in [2.75, 3.05) is 21.0 Å². The number of fused-ring (bicyclic) bond motifs is 2. The van der Waals surface area contributed by atoms with Crippen molar-refractivity contribution in [2.24, 2.45) is 5.92 Å². The van der Waals surface area contributed by atoms with Crippen LogP contribution in [0.25, 0.3) is 0 Å². The van der Waals surface area contributed by atoms with Gasteiger partial charge in [0.1, 0.15) is 11.5 Å². The monoisotopic (exact) mass is 476 g/mol. The standard InChI is InChI=1S/C28H28O7/c1-31-25-15-20(29)10-7-17(25)8-11-23(19-9-12-24-26(14-19)34-16-33-24)35-27-21-6-4-3-5-18(21)13-22(27)28(30)32-2/h3-7,9-10,12,14-15,22-23,27,29H,8,11,13,16H2,1-2H3/t22-,23?,27+/m0/s1. The number of carbonyl (C=O) groups is 1. The van der Waals surface area contributed by atoms with Gasteiger partial charge in [-0.25, -0.2) is 0 Å². The maximum atomic E-state index is 12.7. The third-order valence-electron chi connectivity index (χ3n) is 6.70. The summed E-state index contributed by atoms with van der Waals surface area (Å²) in [4.78, 5) is 12.7. The largest absolute Gasteiger partial charge is 0.508 e. The Balaban J connectivity index is 1.47. The molecule has 2 aliphatic rings. The molecular formula is C28H28O7. The van der Waals surface area contributed by atoms with Crippen LogP contribution < -0.4 is 14.2 Å². The first-order valence-corrected chi connectivity index (χ1v) is 11.6. The van der Waals surface area contributed by atoms with Crippen LogP contribution in [0.1, 0.15) is 40.9 Å². The average molecular weight is 477 g/mol. The van der Waals surface area contributed by atoms with Gasteiger partial charge in [-0.3, -0.25) is 4.79 Å². The summed E-state index contributed by atoms with van der Waals surface area (Å²) in [5.41, 5.74) is 3.99. The zero-order valence-electron chi connectivity index (χ0n) is 19.7. The third kappa shape index (κ3) is 4.64. The minimum Gasteiger partial charge on any atom is -0.508 e. The summed E-state index contributed by atoms with van der Waals surface area (Å²) in [6, 6.07) is 18.9. The minimum absolute atomic E-state index is 0.151. The van der Waals surface area contributed by atoms with E-state index < -0.39 is 12.0 Å². The molecule has 0 saturated carbocycles. The second-order valence-corrected chi connectivity index (χ2v) is 8.73. The van der Waals surface area contributed by atoms with Gasteiger partial charge in [0.25, 0.3) is 0 Å². The Morgan fingerprint density at radius 1 is 1.06 bits per heavy atom. The van der Waals surface area contributed by atoms with E-state index in [1.165, 1.54) is 7.11 Å². The molecule has 1 unspecified atom stereocenters. The highest BCUT2D eigenvalue weighted by Crippen LogP contribution is 2.44. The van der Waals surface area contributed by atoms with E-state index in [4.69, 9.17) is 23.7 Å². The van der Waals surface area contributed by atoms with Crippen LogP contribution in [0.5, 0.6) is 23.0 Å². The van der Waals surface area contributed by atoms with Crippen molar-refractivity contribution in [3.8, 4) is 23.0 Å². The number of aromatic hydroxyl groups is 1. The van der Waals surface area contributed by atoms with Crippen molar-refractivity contribution < 1.29 is 33.6 Å². The third-order valence-corrected chi connectivity index (χ3v) is 6.70. The molecule has 3 aromatic carbocycles. The molecule has 0 saturated heterocycles. The molecule has 5 rings (SSSR count). The molecule has 1 aliphatic carbocycles. The van der Waals surface area contributed by atoms with E-state index in [0.29, 0.717) is 36.5 Å². The normalized spacial score (nSPS) is 18.7. The van der Waals surface area contributed by atoms with Crippen LogP contribution in [-0.2, 0) is 27.1 Å². The van der Waals surface area contributed by atoms with Gasteiger partial charge in [-0.05, 0) is 59.7 Å². The lowest BCUT2D eigenvalue weighted by Crippen LogP contribution is -2.24. The lowest BCUT2D eigenvalue weighted by molar-refractivity contribution is -0.153. The molecule has 1 heterocycles. The number of rotatable bonds is 8. The topological polar surface area (TPSA) is 83.5 Å². The summed E-state index contributed by atoms with van der Waals surface area (Å²) in [5, 5.41) is 9.83. The smallest absolute Gasteiger partial charge is 0.312 e. The Hall–Kier alpha value is -3.71. The van der Waals surface area contributed by atoms with Crippen LogP contribution in [0.3, 0.4) is 0 Å². The van der Waals surface area contributed by atoms with E-state index >= 15 is 0 Å². The number of aryl methyl sites for hydroxylation is 1. The number of esters is 1. The van der Waals surface area contributed by atoms with Gasteiger partial charge in [-0.15, -0.1) is 0 Å². The Morgan fingerprint density at radius 3 is 2.71 bits per heavy atom. The Morgan fingerprint density at radius 2 is 1.89 bits per heavy atom. The van der Waals surface area contributed by atoms with Gasteiger partial charge >= 0.3 is 5.97 Å². The number of hydrogen-bond donors (Lipinski definition) is 1. The Kier molecular flexibility index (Phi) is 6.51. The van der Waals surface area contributed by atoms with Crippen molar-refractivity contribution in [3.63, 3.8) is 0 Å². The molecule has 3 atom stereocenters. The molecule has 0 spiro atoms. The first-order valence-electron chi connectivity index (χ1n) is 11.6. The molecule has 3 aromatic rings. The number of phenols is 1. The van der Waals surface area contributed by atoms with Crippen LogP contribution >= 0.6 is 0 Å². The van der Waals surface area contributed by atoms with Crippen molar-refractivity contribution in [1.29, 1.82) is 0 Å². The summed E-state index contributed by atoms with van der Waals surface area (Å²) in [6.07, 6.45) is 1.06. The number of ether oxygens (including phenoxy) is 5. The lowest BCUT2D eigenvalue weighted by Gasteiger charge is -2.27. The number of phenolic OH excluding ortho intramolecular Hbond substituents is 1. The highest BCUT2D eigenvalue weighted by Gasteiger charge is 2.40. The fourth-order valence-corrected chi connectivity index (χ4v) is 4.91. The lowest BCUT2D eigenvalue weighted by atomic mass is 9.98. The molecule has 7 heteroatoms. The van der Waals surface area contributed by atoms with Crippen LogP contribution in [0.2, 0.25) is 0 Å². The first kappa shape index (κ1) is 23.1. The maximum absolute atomic E-state index is 12.7. The molecule has 0 bridgehead atoms. The van der Waals surface area contributed by atoms with E-state index in [1.54, 1.807) is 19.2 Å². The number of carbonyl (C=O) groups excluding carboxylic acids is 1. The van der Waals surface area contributed by atoms with Gasteiger partial charge in [0.15, 0.2) is 11.5 Å². The summed E-state index contributed by atoms with van der Waals surface area (Å²) in [6.45, 7) is 0.190. The van der Waals surface area contributed by atoms with E-state index in [9.17, 15) is 9.90 Å². The van der Waals surface area contributed by atoms with Crippen LogP contribution in [-0.4, -0.2) is 32.1 Å². The Bertz CT molecular complexity index is 1220. The van der Waals surface area contributed by atoms with Gasteiger partial charge in [0.05, 0.1) is 32.3 Å².